The van der Waals surface area contributed by atoms with Crippen LogP contribution in [0, 0.1) is 58.2 Å². The van der Waals surface area contributed by atoms with Crippen molar-refractivity contribution in [3.05, 3.63) is 36.0 Å². The molecule has 4 aliphatic rings. The SMILES string of the molecule is CC[C@H](CC[C@@H](C)[C@H]1CC[C@H]2[C@@H]3CC=C4CC(OC(=O)/C=C/C=C/C[C@@H](C)CCCC(C)(C)OC)CC[C@]4(C)[C@H]3CC[C@]12C)C(C)C. The highest BCUT2D eigenvalue weighted by Crippen LogP contribution is 2.67. The average Bonchev–Trinajstić information content (AvgIpc) is 3.38. The third kappa shape index (κ3) is 9.26. The van der Waals surface area contributed by atoms with Gasteiger partial charge < -0.3 is 9.47 Å². The van der Waals surface area contributed by atoms with E-state index in [1.807, 2.05) is 12.2 Å². The van der Waals surface area contributed by atoms with Crippen LogP contribution < -0.4 is 0 Å². The lowest BCUT2D eigenvalue weighted by atomic mass is 9.47. The molecule has 3 heteroatoms. The van der Waals surface area contributed by atoms with Gasteiger partial charge >= 0.3 is 5.97 Å². The largest absolute Gasteiger partial charge is 0.459 e. The summed E-state index contributed by atoms with van der Waals surface area (Å²) >= 11 is 0. The van der Waals surface area contributed by atoms with Crippen LogP contribution in [-0.4, -0.2) is 24.8 Å². The first-order valence-electron chi connectivity index (χ1n) is 20.0. The predicted molar refractivity (Wildman–Crippen MR) is 199 cm³/mol. The number of fused-ring (bicyclic) bond motifs is 5. The summed E-state index contributed by atoms with van der Waals surface area (Å²) in [5, 5.41) is 0. The minimum Gasteiger partial charge on any atom is -0.459 e. The van der Waals surface area contributed by atoms with Crippen molar-refractivity contribution in [3.8, 4) is 0 Å². The maximum atomic E-state index is 12.7. The Morgan fingerprint density at radius 3 is 2.47 bits per heavy atom. The maximum absolute atomic E-state index is 12.7. The maximum Gasteiger partial charge on any atom is 0.331 e. The molecule has 0 aromatic rings. The van der Waals surface area contributed by atoms with Crippen molar-refractivity contribution < 1.29 is 14.3 Å². The summed E-state index contributed by atoms with van der Waals surface area (Å²) in [5.41, 5.74) is 2.37. The van der Waals surface area contributed by atoms with Crippen LogP contribution in [0.3, 0.4) is 0 Å². The van der Waals surface area contributed by atoms with E-state index in [9.17, 15) is 4.79 Å². The zero-order chi connectivity index (χ0) is 34.4. The second-order valence-corrected chi connectivity index (χ2v) is 18.2. The molecule has 0 saturated heterocycles. The number of esters is 1. The summed E-state index contributed by atoms with van der Waals surface area (Å²) < 4.78 is 11.6. The molecule has 3 nitrogen and oxygen atoms in total. The van der Waals surface area contributed by atoms with Crippen LogP contribution in [0.1, 0.15) is 159 Å². The fourth-order valence-electron chi connectivity index (χ4n) is 11.2. The number of ether oxygens (including phenoxy) is 2. The third-order valence-corrected chi connectivity index (χ3v) is 14.6. The van der Waals surface area contributed by atoms with E-state index in [1.54, 1.807) is 18.8 Å². The summed E-state index contributed by atoms with van der Waals surface area (Å²) in [4.78, 5) is 12.7. The Morgan fingerprint density at radius 1 is 1.00 bits per heavy atom. The van der Waals surface area contributed by atoms with Crippen molar-refractivity contribution in [2.75, 3.05) is 7.11 Å². The van der Waals surface area contributed by atoms with Crippen molar-refractivity contribution in [2.45, 2.75) is 170 Å². The van der Waals surface area contributed by atoms with Gasteiger partial charge in [0.05, 0.1) is 5.60 Å². The Bertz CT molecular complexity index is 1100. The fraction of sp³-hybridized carbons (Fsp3) is 0.841. The fourth-order valence-corrected chi connectivity index (χ4v) is 11.2. The number of hydrogen-bond donors (Lipinski definition) is 0. The summed E-state index contributed by atoms with van der Waals surface area (Å²) in [5.74, 6) is 6.41. The first-order valence-corrected chi connectivity index (χ1v) is 20.0. The molecule has 47 heavy (non-hydrogen) atoms. The molecule has 0 aromatic heterocycles. The van der Waals surface area contributed by atoms with Gasteiger partial charge in [0.25, 0.3) is 0 Å². The lowest BCUT2D eigenvalue weighted by molar-refractivity contribution is -0.145. The topological polar surface area (TPSA) is 35.5 Å². The van der Waals surface area contributed by atoms with Crippen LogP contribution in [0.5, 0.6) is 0 Å². The van der Waals surface area contributed by atoms with Crippen LogP contribution in [0.4, 0.5) is 0 Å². The zero-order valence-corrected chi connectivity index (χ0v) is 32.4. The summed E-state index contributed by atoms with van der Waals surface area (Å²) in [7, 11) is 1.79. The Hall–Kier alpha value is -1.35. The van der Waals surface area contributed by atoms with Crippen LogP contribution >= 0.6 is 0 Å². The first kappa shape index (κ1) is 38.5. The van der Waals surface area contributed by atoms with Crippen LogP contribution in [0.15, 0.2) is 36.0 Å². The number of allylic oxidation sites excluding steroid dienone is 4. The molecular formula is C44H74O3. The van der Waals surface area contributed by atoms with Crippen molar-refractivity contribution in [2.24, 2.45) is 58.2 Å². The van der Waals surface area contributed by atoms with Gasteiger partial charge in [0, 0.05) is 19.6 Å². The summed E-state index contributed by atoms with van der Waals surface area (Å²) in [6.45, 7) is 21.7. The monoisotopic (exact) mass is 651 g/mol. The molecule has 0 heterocycles. The first-order chi connectivity index (χ1) is 22.2. The highest BCUT2D eigenvalue weighted by atomic mass is 16.5. The minimum atomic E-state index is -0.189. The van der Waals surface area contributed by atoms with Gasteiger partial charge in [-0.15, -0.1) is 0 Å². The summed E-state index contributed by atoms with van der Waals surface area (Å²) in [6.07, 6.45) is 29.0. The highest BCUT2D eigenvalue weighted by Gasteiger charge is 2.59. The van der Waals surface area contributed by atoms with Crippen molar-refractivity contribution in [3.63, 3.8) is 0 Å². The predicted octanol–water partition coefficient (Wildman–Crippen LogP) is 12.3. The Kier molecular flexibility index (Phi) is 13.6. The molecular weight excluding hydrogens is 576 g/mol. The molecule has 3 fully saturated rings. The van der Waals surface area contributed by atoms with Crippen LogP contribution in [-0.2, 0) is 14.3 Å². The van der Waals surface area contributed by atoms with Crippen LogP contribution in [0.25, 0.3) is 0 Å². The van der Waals surface area contributed by atoms with E-state index >= 15 is 0 Å². The number of rotatable bonds is 16. The second kappa shape index (κ2) is 16.6. The van der Waals surface area contributed by atoms with E-state index in [-0.39, 0.29) is 23.1 Å². The summed E-state index contributed by atoms with van der Waals surface area (Å²) in [6, 6.07) is 0. The molecule has 3 saturated carbocycles. The van der Waals surface area contributed by atoms with Crippen LogP contribution in [0.2, 0.25) is 0 Å². The quantitative estimate of drug-likeness (QED) is 0.0721. The van der Waals surface area contributed by atoms with E-state index in [4.69, 9.17) is 9.47 Å². The molecule has 0 N–H and O–H groups in total. The average molecular weight is 651 g/mol. The van der Waals surface area contributed by atoms with Gasteiger partial charge in [-0.3, -0.25) is 0 Å². The smallest absolute Gasteiger partial charge is 0.331 e. The number of carbonyl (C=O) groups is 1. The van der Waals surface area contributed by atoms with E-state index < -0.39 is 0 Å². The molecule has 4 aliphatic carbocycles. The number of carbonyl (C=O) groups excluding carboxylic acids is 1. The second-order valence-electron chi connectivity index (χ2n) is 18.2. The molecule has 0 bridgehead atoms. The molecule has 268 valence electrons. The molecule has 0 radical (unpaired) electrons. The van der Waals surface area contributed by atoms with Gasteiger partial charge in [0.1, 0.15) is 6.10 Å². The van der Waals surface area contributed by atoms with Gasteiger partial charge in [0.2, 0.25) is 0 Å². The van der Waals surface area contributed by atoms with Gasteiger partial charge in [-0.25, -0.2) is 4.79 Å². The molecule has 0 aliphatic heterocycles. The van der Waals surface area contributed by atoms with Crippen molar-refractivity contribution in [1.29, 1.82) is 0 Å². The van der Waals surface area contributed by atoms with Gasteiger partial charge in [-0.05, 0) is 136 Å². The van der Waals surface area contributed by atoms with Crippen molar-refractivity contribution >= 4 is 5.97 Å². The Labute approximate surface area is 291 Å². The number of methoxy groups -OCH3 is 1. The standard InChI is InChI=1S/C44H74O3/c1-11-34(31(2)3)20-19-33(5)38-23-24-39-37-22-21-35-30-36(25-28-43(35,8)40(37)26-29-44(38,39)9)47-41(45)18-14-12-13-16-32(4)17-15-27-42(6,7)46-10/h12-14,18,21,31-34,36-40H,11,15-17,19-20,22-30H2,1-10H3/b13-12+,18-14+/t32-,33-,34-,36?,37+,38-,39+,40+,43+,44-/m1/s1. The van der Waals surface area contributed by atoms with E-state index in [1.165, 1.54) is 64.2 Å². The molecule has 1 unspecified atom stereocenters. The van der Waals surface area contributed by atoms with E-state index in [0.717, 1.165) is 73.5 Å². The normalized spacial score (nSPS) is 34.5. The van der Waals surface area contributed by atoms with Gasteiger partial charge in [-0.2, -0.15) is 0 Å². The zero-order valence-electron chi connectivity index (χ0n) is 32.4. The van der Waals surface area contributed by atoms with E-state index in [2.05, 4.69) is 74.5 Å². The molecule has 0 aromatic carbocycles. The lowest BCUT2D eigenvalue weighted by Gasteiger charge is -2.58. The van der Waals surface area contributed by atoms with E-state index in [0.29, 0.717) is 11.3 Å². The molecule has 10 atom stereocenters. The highest BCUT2D eigenvalue weighted by molar-refractivity contribution is 5.82. The Balaban J connectivity index is 1.26. The Morgan fingerprint density at radius 2 is 1.77 bits per heavy atom. The number of hydrogen-bond acceptors (Lipinski definition) is 3. The minimum absolute atomic E-state index is 0.0201. The third-order valence-electron chi connectivity index (χ3n) is 14.6. The van der Waals surface area contributed by atoms with Gasteiger partial charge in [-0.1, -0.05) is 104 Å². The van der Waals surface area contributed by atoms with Gasteiger partial charge in [0.15, 0.2) is 0 Å². The molecule has 4 rings (SSSR count). The lowest BCUT2D eigenvalue weighted by Crippen LogP contribution is -2.51. The molecule has 0 amide bonds. The van der Waals surface area contributed by atoms with Crippen molar-refractivity contribution in [1.82, 2.24) is 0 Å². The molecule has 0 spiro atoms.